The van der Waals surface area contributed by atoms with Crippen LogP contribution >= 0.6 is 22.7 Å². The van der Waals surface area contributed by atoms with E-state index in [2.05, 4.69) is 15.3 Å². The Morgan fingerprint density at radius 2 is 2.03 bits per heavy atom. The first-order chi connectivity index (χ1) is 14.0. The number of esters is 1. The number of thiophene rings is 2. The fourth-order valence-electron chi connectivity index (χ4n) is 2.89. The van der Waals surface area contributed by atoms with Crippen LogP contribution < -0.4 is 10.1 Å². The van der Waals surface area contributed by atoms with Crippen molar-refractivity contribution >= 4 is 44.8 Å². The highest BCUT2D eigenvalue weighted by Crippen LogP contribution is 2.35. The Morgan fingerprint density at radius 3 is 2.66 bits per heavy atom. The molecule has 154 valence electrons. The molecule has 0 spiro atoms. The van der Waals surface area contributed by atoms with E-state index in [1.165, 1.54) is 36.9 Å². The monoisotopic (exact) mass is 435 g/mol. The van der Waals surface area contributed by atoms with Crippen molar-refractivity contribution in [3.05, 3.63) is 38.7 Å². The van der Waals surface area contributed by atoms with E-state index >= 15 is 0 Å². The molecule has 0 aliphatic carbocycles. The molecule has 0 bridgehead atoms. The van der Waals surface area contributed by atoms with Crippen LogP contribution in [0.15, 0.2) is 17.5 Å². The van der Waals surface area contributed by atoms with E-state index in [9.17, 15) is 9.59 Å². The molecular weight excluding hydrogens is 414 g/mol. The highest BCUT2D eigenvalue weighted by molar-refractivity contribution is 7.20. The maximum atomic E-state index is 13.1. The fourth-order valence-corrected chi connectivity index (χ4v) is 4.76. The van der Waals surface area contributed by atoms with Crippen molar-refractivity contribution < 1.29 is 23.8 Å². The molecule has 0 aliphatic heterocycles. The normalized spacial score (nSPS) is 12.0. The van der Waals surface area contributed by atoms with Crippen LogP contribution in [-0.2, 0) is 20.9 Å². The lowest BCUT2D eigenvalue weighted by Gasteiger charge is -2.16. The van der Waals surface area contributed by atoms with Gasteiger partial charge in [0.2, 0.25) is 5.88 Å². The average Bonchev–Trinajstić information content (AvgIpc) is 3.35. The second-order valence-corrected chi connectivity index (χ2v) is 8.12. The molecule has 1 N–H and O–H groups in total. The molecule has 0 aromatic carbocycles. The summed E-state index contributed by atoms with van der Waals surface area (Å²) in [6.07, 6.45) is 0.0494. The van der Waals surface area contributed by atoms with Crippen molar-refractivity contribution in [2.24, 2.45) is 0 Å². The molecule has 1 unspecified atom stereocenters. The minimum atomic E-state index is -0.475. The van der Waals surface area contributed by atoms with E-state index < -0.39 is 12.0 Å². The number of nitrogens with one attached hydrogen (secondary N) is 1. The topological polar surface area (TPSA) is 99.6 Å². The maximum absolute atomic E-state index is 13.1. The van der Waals surface area contributed by atoms with Gasteiger partial charge in [0.05, 0.1) is 36.9 Å². The summed E-state index contributed by atoms with van der Waals surface area (Å²) in [7, 11) is 4.41. The second-order valence-electron chi connectivity index (χ2n) is 6.14. The number of rotatable bonds is 8. The summed E-state index contributed by atoms with van der Waals surface area (Å²) in [6, 6.07) is 3.28. The number of aromatic nitrogens is 2. The van der Waals surface area contributed by atoms with Crippen LogP contribution in [0.3, 0.4) is 0 Å². The van der Waals surface area contributed by atoms with Crippen molar-refractivity contribution in [3.63, 3.8) is 0 Å². The summed E-state index contributed by atoms with van der Waals surface area (Å²) in [4.78, 5) is 35.7. The number of aryl methyl sites for hydroxylation is 1. The molecule has 0 radical (unpaired) electrons. The lowest BCUT2D eigenvalue weighted by molar-refractivity contribution is -0.141. The predicted molar refractivity (Wildman–Crippen MR) is 111 cm³/mol. The van der Waals surface area contributed by atoms with Gasteiger partial charge in [-0.25, -0.2) is 4.98 Å². The largest absolute Gasteiger partial charge is 0.480 e. The third-order valence-electron chi connectivity index (χ3n) is 4.27. The summed E-state index contributed by atoms with van der Waals surface area (Å²) in [5, 5.41) is 5.54. The van der Waals surface area contributed by atoms with E-state index in [1.54, 1.807) is 7.11 Å². The number of methoxy groups -OCH3 is 3. The van der Waals surface area contributed by atoms with Gasteiger partial charge in [0.1, 0.15) is 11.4 Å². The van der Waals surface area contributed by atoms with Crippen LogP contribution in [0.2, 0.25) is 0 Å². The molecular formula is C19H21N3O5S2. The van der Waals surface area contributed by atoms with Gasteiger partial charge in [0.15, 0.2) is 5.82 Å². The minimum Gasteiger partial charge on any atom is -0.480 e. The van der Waals surface area contributed by atoms with Crippen molar-refractivity contribution in [2.45, 2.75) is 26.0 Å². The quantitative estimate of drug-likeness (QED) is 0.542. The predicted octanol–water partition coefficient (Wildman–Crippen LogP) is 3.25. The number of carbonyl (C=O) groups excluding carboxylic acids is 2. The van der Waals surface area contributed by atoms with Crippen molar-refractivity contribution in [2.75, 3.05) is 21.3 Å². The van der Waals surface area contributed by atoms with Gasteiger partial charge >= 0.3 is 5.97 Å². The van der Waals surface area contributed by atoms with E-state index in [1.807, 2.05) is 24.4 Å². The van der Waals surface area contributed by atoms with Crippen molar-refractivity contribution in [3.8, 4) is 5.88 Å². The first-order valence-electron chi connectivity index (χ1n) is 8.72. The van der Waals surface area contributed by atoms with E-state index in [0.29, 0.717) is 26.8 Å². The van der Waals surface area contributed by atoms with Crippen LogP contribution in [0.4, 0.5) is 0 Å². The third kappa shape index (κ3) is 4.55. The van der Waals surface area contributed by atoms with Gasteiger partial charge in [-0.2, -0.15) is 4.98 Å². The number of carbonyl (C=O) groups is 2. The molecule has 3 aromatic rings. The molecule has 10 heteroatoms. The molecule has 0 saturated heterocycles. The van der Waals surface area contributed by atoms with Gasteiger partial charge < -0.3 is 19.5 Å². The number of fused-ring (bicyclic) bond motifs is 1. The van der Waals surface area contributed by atoms with E-state index in [4.69, 9.17) is 14.2 Å². The Balaban J connectivity index is 1.95. The zero-order valence-electron chi connectivity index (χ0n) is 16.5. The van der Waals surface area contributed by atoms with Crippen LogP contribution in [-0.4, -0.2) is 43.2 Å². The zero-order valence-corrected chi connectivity index (χ0v) is 18.1. The first-order valence-corrected chi connectivity index (χ1v) is 10.4. The minimum absolute atomic E-state index is 0.0494. The van der Waals surface area contributed by atoms with Gasteiger partial charge in [0.25, 0.3) is 5.91 Å². The summed E-state index contributed by atoms with van der Waals surface area (Å²) in [5.74, 6) is 0.197. The summed E-state index contributed by atoms with van der Waals surface area (Å²) in [5.41, 5.74) is 0.728. The third-order valence-corrected chi connectivity index (χ3v) is 6.44. The molecule has 0 saturated carbocycles. The summed E-state index contributed by atoms with van der Waals surface area (Å²) in [6.45, 7) is 2.07. The Morgan fingerprint density at radius 1 is 1.24 bits per heavy atom. The van der Waals surface area contributed by atoms with Gasteiger partial charge in [-0.05, 0) is 23.9 Å². The van der Waals surface area contributed by atoms with Crippen LogP contribution in [0, 0.1) is 6.92 Å². The molecule has 1 amide bonds. The highest BCUT2D eigenvalue weighted by Gasteiger charge is 2.25. The lowest BCUT2D eigenvalue weighted by Crippen LogP contribution is -2.29. The van der Waals surface area contributed by atoms with Gasteiger partial charge in [0, 0.05) is 12.0 Å². The molecule has 1 atom stereocenters. The number of ether oxygens (including phenoxy) is 3. The Kier molecular flexibility index (Phi) is 6.78. The number of hydrogen-bond acceptors (Lipinski definition) is 9. The van der Waals surface area contributed by atoms with Crippen LogP contribution in [0.1, 0.15) is 38.4 Å². The summed E-state index contributed by atoms with van der Waals surface area (Å²) < 4.78 is 15.3. The van der Waals surface area contributed by atoms with Gasteiger partial charge in [-0.1, -0.05) is 6.07 Å². The van der Waals surface area contributed by atoms with E-state index in [0.717, 1.165) is 10.4 Å². The summed E-state index contributed by atoms with van der Waals surface area (Å²) >= 11 is 2.72. The van der Waals surface area contributed by atoms with Gasteiger partial charge in [-0.3, -0.25) is 9.59 Å². The lowest BCUT2D eigenvalue weighted by atomic mass is 10.1. The number of amides is 1. The first kappa shape index (κ1) is 21.2. The highest BCUT2D eigenvalue weighted by atomic mass is 32.1. The zero-order chi connectivity index (χ0) is 21.0. The van der Waals surface area contributed by atoms with Crippen molar-refractivity contribution in [1.82, 2.24) is 15.3 Å². The molecule has 0 aliphatic rings. The second kappa shape index (κ2) is 9.29. The standard InChI is InChI=1S/C19H21N3O5S2/c1-10-15-18(27-4)21-13(9-25-2)22-19(15)29-16(10)17(24)20-11(8-14(23)26-3)12-6-5-7-28-12/h5-7,11H,8-9H2,1-4H3,(H,20,24). The SMILES string of the molecule is COCc1nc(OC)c2c(C)c(C(=O)NC(CC(=O)OC)c3cccs3)sc2n1. The van der Waals surface area contributed by atoms with Crippen LogP contribution in [0.25, 0.3) is 10.2 Å². The maximum Gasteiger partial charge on any atom is 0.307 e. The molecule has 3 heterocycles. The molecule has 3 rings (SSSR count). The molecule has 0 fully saturated rings. The smallest absolute Gasteiger partial charge is 0.307 e. The number of nitrogens with zero attached hydrogens (tertiary/aromatic N) is 2. The average molecular weight is 436 g/mol. The van der Waals surface area contributed by atoms with Gasteiger partial charge in [-0.15, -0.1) is 22.7 Å². The Bertz CT molecular complexity index is 1020. The fraction of sp³-hybridized carbons (Fsp3) is 0.368. The van der Waals surface area contributed by atoms with Crippen LogP contribution in [0.5, 0.6) is 5.88 Å². The van der Waals surface area contributed by atoms with E-state index in [-0.39, 0.29) is 18.9 Å². The Labute approximate surface area is 175 Å². The molecule has 29 heavy (non-hydrogen) atoms. The Hall–Kier alpha value is -2.56. The molecule has 8 nitrogen and oxygen atoms in total. The molecule has 3 aromatic heterocycles. The number of hydrogen-bond donors (Lipinski definition) is 1. The van der Waals surface area contributed by atoms with Crippen molar-refractivity contribution in [1.29, 1.82) is 0 Å².